The summed E-state index contributed by atoms with van der Waals surface area (Å²) >= 11 is 2.86. The maximum absolute atomic E-state index is 11.7. The van der Waals surface area contributed by atoms with E-state index >= 15 is 0 Å². The van der Waals surface area contributed by atoms with Gasteiger partial charge in [-0.1, -0.05) is 17.4 Å². The number of aromatic nitrogens is 2. The van der Waals surface area contributed by atoms with Crippen LogP contribution in [0, 0.1) is 6.92 Å². The van der Waals surface area contributed by atoms with E-state index in [0.29, 0.717) is 10.9 Å². The number of Topliss-reactive ketones (excluding diaryl/α,β-unsaturated/α-hetero) is 1. The van der Waals surface area contributed by atoms with Gasteiger partial charge in [-0.15, -0.1) is 21.5 Å². The number of carbonyl (C=O) groups is 2. The third-order valence-electron chi connectivity index (χ3n) is 3.06. The molecule has 0 saturated carbocycles. The highest BCUT2D eigenvalue weighted by Gasteiger charge is 2.25. The Morgan fingerprint density at radius 1 is 1.30 bits per heavy atom. The van der Waals surface area contributed by atoms with Gasteiger partial charge in [0.1, 0.15) is 11.3 Å². The Kier molecular flexibility index (Phi) is 3.97. The molecule has 0 atom stereocenters. The highest BCUT2D eigenvalue weighted by molar-refractivity contribution is 7.22. The third kappa shape index (κ3) is 2.88. The smallest absolute Gasteiger partial charge is 0.255 e. The molecule has 7 nitrogen and oxygen atoms in total. The van der Waals surface area contributed by atoms with Gasteiger partial charge in [-0.3, -0.25) is 14.9 Å². The second-order valence-corrected chi connectivity index (χ2v) is 6.60. The molecule has 118 valence electrons. The summed E-state index contributed by atoms with van der Waals surface area (Å²) in [6.07, 6.45) is 0. The fourth-order valence-electron chi connectivity index (χ4n) is 2.16. The van der Waals surface area contributed by atoms with Crippen LogP contribution >= 0.6 is 22.7 Å². The van der Waals surface area contributed by atoms with Crippen molar-refractivity contribution in [1.29, 1.82) is 0 Å². The van der Waals surface area contributed by atoms with Gasteiger partial charge >= 0.3 is 0 Å². The number of anilines is 2. The molecule has 9 heteroatoms. The Labute approximate surface area is 139 Å². The van der Waals surface area contributed by atoms with E-state index in [-0.39, 0.29) is 22.8 Å². The molecule has 3 heterocycles. The number of amides is 1. The lowest BCUT2D eigenvalue weighted by Crippen LogP contribution is -2.15. The van der Waals surface area contributed by atoms with Gasteiger partial charge in [-0.25, -0.2) is 0 Å². The Hall–Kier alpha value is -2.52. The Bertz CT molecular complexity index is 880. The number of nitrogens with two attached hydrogens (primary N) is 1. The Morgan fingerprint density at radius 2 is 2.09 bits per heavy atom. The van der Waals surface area contributed by atoms with Crippen LogP contribution in [0.2, 0.25) is 0 Å². The van der Waals surface area contributed by atoms with E-state index in [4.69, 9.17) is 10.2 Å². The first kappa shape index (κ1) is 15.4. The first-order chi connectivity index (χ1) is 11.0. The molecule has 23 heavy (non-hydrogen) atoms. The largest absolute Gasteiger partial charge is 0.444 e. The van der Waals surface area contributed by atoms with Crippen LogP contribution in [-0.2, 0) is 0 Å². The molecule has 0 aliphatic carbocycles. The molecule has 1 amide bonds. The molecule has 0 aromatic carbocycles. The fourth-order valence-corrected chi connectivity index (χ4v) is 3.69. The summed E-state index contributed by atoms with van der Waals surface area (Å²) in [7, 11) is 0. The Balaban J connectivity index is 1.96. The molecule has 3 rings (SSSR count). The van der Waals surface area contributed by atoms with Gasteiger partial charge in [0.25, 0.3) is 5.91 Å². The molecule has 0 aliphatic heterocycles. The van der Waals surface area contributed by atoms with Gasteiger partial charge in [0, 0.05) is 0 Å². The van der Waals surface area contributed by atoms with E-state index in [2.05, 4.69) is 15.5 Å². The summed E-state index contributed by atoms with van der Waals surface area (Å²) in [5, 5.41) is 14.1. The standard InChI is InChI=1S/C14H12N4O3S2/c1-6(19)9-7(2)21-12(10(9)11(15)20)16-14-18-17-13(23-14)8-4-3-5-22-8/h3-5H,1-2H3,(H2,15,20)(H,16,18). The minimum atomic E-state index is -0.738. The van der Waals surface area contributed by atoms with Crippen molar-refractivity contribution in [2.75, 3.05) is 5.32 Å². The minimum Gasteiger partial charge on any atom is -0.444 e. The SMILES string of the molecule is CC(=O)c1c(C)oc(Nc2nnc(-c3cccs3)s2)c1C(N)=O. The van der Waals surface area contributed by atoms with Crippen molar-refractivity contribution in [3.05, 3.63) is 34.4 Å². The van der Waals surface area contributed by atoms with Crippen LogP contribution in [0.25, 0.3) is 9.88 Å². The van der Waals surface area contributed by atoms with Gasteiger partial charge < -0.3 is 10.2 Å². The van der Waals surface area contributed by atoms with Crippen molar-refractivity contribution in [1.82, 2.24) is 10.2 Å². The minimum absolute atomic E-state index is 0.0304. The van der Waals surface area contributed by atoms with E-state index in [9.17, 15) is 9.59 Å². The number of nitrogens with one attached hydrogen (secondary N) is 1. The molecule has 3 aromatic heterocycles. The van der Waals surface area contributed by atoms with Crippen LogP contribution in [0.1, 0.15) is 33.4 Å². The molecule has 0 saturated heterocycles. The van der Waals surface area contributed by atoms with Crippen LogP contribution < -0.4 is 11.1 Å². The number of ketones is 1. The molecule has 0 unspecified atom stereocenters. The lowest BCUT2D eigenvalue weighted by atomic mass is 10.1. The van der Waals surface area contributed by atoms with Gasteiger partial charge in [0.05, 0.1) is 10.4 Å². The Morgan fingerprint density at radius 3 is 2.70 bits per heavy atom. The number of hydrogen-bond acceptors (Lipinski definition) is 8. The summed E-state index contributed by atoms with van der Waals surface area (Å²) in [6, 6.07) is 3.86. The highest BCUT2D eigenvalue weighted by Crippen LogP contribution is 2.34. The molecule has 0 bridgehead atoms. The predicted molar refractivity (Wildman–Crippen MR) is 88.5 cm³/mol. The number of carbonyl (C=O) groups excluding carboxylic acids is 2. The molecule has 3 N–H and O–H groups in total. The lowest BCUT2D eigenvalue weighted by Gasteiger charge is -2.00. The fraction of sp³-hybridized carbons (Fsp3) is 0.143. The molecule has 3 aromatic rings. The van der Waals surface area contributed by atoms with Crippen molar-refractivity contribution in [2.24, 2.45) is 5.73 Å². The van der Waals surface area contributed by atoms with Crippen LogP contribution in [0.5, 0.6) is 0 Å². The van der Waals surface area contributed by atoms with Gasteiger partial charge in [-0.05, 0) is 25.3 Å². The predicted octanol–water partition coefficient (Wildman–Crippen LogP) is 3.21. The van der Waals surface area contributed by atoms with E-state index in [1.807, 2.05) is 17.5 Å². The molecule has 0 radical (unpaired) electrons. The lowest BCUT2D eigenvalue weighted by molar-refractivity contribution is 0.0974. The van der Waals surface area contributed by atoms with E-state index in [1.165, 1.54) is 18.3 Å². The van der Waals surface area contributed by atoms with Gasteiger partial charge in [0.2, 0.25) is 11.0 Å². The van der Waals surface area contributed by atoms with Crippen molar-refractivity contribution in [2.45, 2.75) is 13.8 Å². The number of thiophene rings is 1. The van der Waals surface area contributed by atoms with Crippen molar-refractivity contribution in [3.63, 3.8) is 0 Å². The average molecular weight is 348 g/mol. The molecule has 0 fully saturated rings. The van der Waals surface area contributed by atoms with Crippen molar-refractivity contribution in [3.8, 4) is 9.88 Å². The molecular formula is C14H12N4O3S2. The number of rotatable bonds is 5. The van der Waals surface area contributed by atoms with Crippen molar-refractivity contribution >= 4 is 45.4 Å². The first-order valence-corrected chi connectivity index (χ1v) is 8.25. The zero-order valence-corrected chi connectivity index (χ0v) is 13.9. The second-order valence-electron chi connectivity index (χ2n) is 4.67. The zero-order valence-electron chi connectivity index (χ0n) is 12.2. The van der Waals surface area contributed by atoms with E-state index in [1.54, 1.807) is 18.3 Å². The summed E-state index contributed by atoms with van der Waals surface area (Å²) in [6.45, 7) is 2.96. The number of nitrogens with zero attached hydrogens (tertiary/aromatic N) is 2. The van der Waals surface area contributed by atoms with Gasteiger partial charge in [0.15, 0.2) is 10.8 Å². The molecular weight excluding hydrogens is 336 g/mol. The van der Waals surface area contributed by atoms with Crippen molar-refractivity contribution < 1.29 is 14.0 Å². The van der Waals surface area contributed by atoms with Crippen LogP contribution in [0.4, 0.5) is 11.0 Å². The highest BCUT2D eigenvalue weighted by atomic mass is 32.1. The quantitative estimate of drug-likeness (QED) is 0.685. The number of primary amides is 1. The summed E-state index contributed by atoms with van der Waals surface area (Å²) < 4.78 is 5.48. The second kappa shape index (κ2) is 5.94. The van der Waals surface area contributed by atoms with Crippen LogP contribution in [0.3, 0.4) is 0 Å². The number of furan rings is 1. The maximum Gasteiger partial charge on any atom is 0.255 e. The molecule has 0 aliphatic rings. The number of aryl methyl sites for hydroxylation is 1. The third-order valence-corrected chi connectivity index (χ3v) is 4.94. The van der Waals surface area contributed by atoms with E-state index in [0.717, 1.165) is 9.88 Å². The normalized spacial score (nSPS) is 10.7. The van der Waals surface area contributed by atoms with Crippen LogP contribution in [0.15, 0.2) is 21.9 Å². The number of hydrogen-bond donors (Lipinski definition) is 2. The van der Waals surface area contributed by atoms with E-state index < -0.39 is 5.91 Å². The summed E-state index contributed by atoms with van der Waals surface area (Å²) in [5.41, 5.74) is 5.59. The maximum atomic E-state index is 11.7. The van der Waals surface area contributed by atoms with Gasteiger partial charge in [-0.2, -0.15) is 0 Å². The topological polar surface area (TPSA) is 111 Å². The monoisotopic (exact) mass is 348 g/mol. The summed E-state index contributed by atoms with van der Waals surface area (Å²) in [5.74, 6) is -0.590. The average Bonchev–Trinajstić information content (AvgIpc) is 3.17. The molecule has 0 spiro atoms. The zero-order chi connectivity index (χ0) is 16.6. The van der Waals surface area contributed by atoms with Crippen LogP contribution in [-0.4, -0.2) is 21.9 Å². The summed E-state index contributed by atoms with van der Waals surface area (Å²) in [4.78, 5) is 24.4. The first-order valence-electron chi connectivity index (χ1n) is 6.56.